The maximum absolute atomic E-state index is 10.9. The molecule has 0 amide bonds. The van der Waals surface area contributed by atoms with Crippen LogP contribution in [0.15, 0.2) is 36.5 Å². The Morgan fingerprint density at radius 2 is 1.26 bits per heavy atom. The van der Waals surface area contributed by atoms with Gasteiger partial charge in [0.2, 0.25) is 0 Å². The minimum absolute atomic E-state index is 0.0903. The predicted octanol–water partition coefficient (Wildman–Crippen LogP) is 6.53. The summed E-state index contributed by atoms with van der Waals surface area (Å²) in [5.41, 5.74) is 0. The molecule has 0 aromatic rings. The van der Waals surface area contributed by atoms with Crippen molar-refractivity contribution < 1.29 is 9.53 Å². The smallest absolute Gasteiger partial charge is 0.305 e. The maximum Gasteiger partial charge on any atom is 0.305 e. The molecule has 23 heavy (non-hydrogen) atoms. The van der Waals surface area contributed by atoms with Crippen LogP contribution in [-0.4, -0.2) is 13.1 Å². The van der Waals surface area contributed by atoms with Crippen LogP contribution in [-0.2, 0) is 9.53 Å². The third-order valence-electron chi connectivity index (χ3n) is 3.75. The van der Waals surface area contributed by atoms with Crippen LogP contribution in [0.3, 0.4) is 0 Å². The van der Waals surface area contributed by atoms with E-state index in [1.165, 1.54) is 45.6 Å². The fourth-order valence-corrected chi connectivity index (χ4v) is 2.28. The molecule has 0 radical (unpaired) electrons. The van der Waals surface area contributed by atoms with E-state index in [1.807, 2.05) is 0 Å². The van der Waals surface area contributed by atoms with Crippen molar-refractivity contribution >= 4 is 5.97 Å². The molecule has 2 heteroatoms. The number of hydrogen-bond donors (Lipinski definition) is 0. The summed E-state index contributed by atoms with van der Waals surface area (Å²) in [4.78, 5) is 10.9. The summed E-state index contributed by atoms with van der Waals surface area (Å²) in [7, 11) is 1.45. The van der Waals surface area contributed by atoms with Crippen molar-refractivity contribution in [1.29, 1.82) is 0 Å². The van der Waals surface area contributed by atoms with Crippen LogP contribution < -0.4 is 0 Å². The molecule has 0 saturated carbocycles. The minimum Gasteiger partial charge on any atom is -0.469 e. The van der Waals surface area contributed by atoms with Gasteiger partial charge in [-0.05, 0) is 44.9 Å². The lowest BCUT2D eigenvalue weighted by atomic mass is 10.1. The van der Waals surface area contributed by atoms with Gasteiger partial charge in [-0.15, -0.1) is 0 Å². The van der Waals surface area contributed by atoms with E-state index in [-0.39, 0.29) is 5.97 Å². The van der Waals surface area contributed by atoms with E-state index in [9.17, 15) is 4.79 Å². The average molecular weight is 321 g/mol. The van der Waals surface area contributed by atoms with E-state index in [4.69, 9.17) is 0 Å². The van der Waals surface area contributed by atoms with Crippen molar-refractivity contribution in [2.24, 2.45) is 0 Å². The molecule has 0 spiro atoms. The second-order valence-electron chi connectivity index (χ2n) is 5.91. The lowest BCUT2D eigenvalue weighted by molar-refractivity contribution is -0.140. The summed E-state index contributed by atoms with van der Waals surface area (Å²) in [5, 5.41) is 0. The predicted molar refractivity (Wildman–Crippen MR) is 101 cm³/mol. The van der Waals surface area contributed by atoms with Gasteiger partial charge in [0, 0.05) is 6.42 Å². The highest BCUT2D eigenvalue weighted by molar-refractivity contribution is 5.68. The van der Waals surface area contributed by atoms with Crippen molar-refractivity contribution in [1.82, 2.24) is 0 Å². The molecule has 0 unspecified atom stereocenters. The topological polar surface area (TPSA) is 26.3 Å². The van der Waals surface area contributed by atoms with Crippen molar-refractivity contribution in [3.8, 4) is 0 Å². The van der Waals surface area contributed by atoms with E-state index in [2.05, 4.69) is 48.1 Å². The fraction of sp³-hybridized carbons (Fsp3) is 0.667. The van der Waals surface area contributed by atoms with Gasteiger partial charge in [0.25, 0.3) is 0 Å². The fourth-order valence-electron chi connectivity index (χ4n) is 2.28. The first kappa shape index (κ1) is 21.7. The summed E-state index contributed by atoms with van der Waals surface area (Å²) in [6.07, 6.45) is 27.0. The highest BCUT2D eigenvalue weighted by Gasteiger charge is 1.98. The number of carbonyl (C=O) groups excluding carboxylic acids is 1. The number of methoxy groups -OCH3 is 1. The van der Waals surface area contributed by atoms with E-state index in [0.717, 1.165) is 32.1 Å². The molecule has 0 aliphatic rings. The molecular formula is C21H36O2. The zero-order valence-corrected chi connectivity index (χ0v) is 15.3. The molecule has 0 aromatic heterocycles. The second kappa shape index (κ2) is 18.7. The molecule has 0 aliphatic carbocycles. The highest BCUT2D eigenvalue weighted by atomic mass is 16.5. The van der Waals surface area contributed by atoms with Gasteiger partial charge in [0.05, 0.1) is 7.11 Å². The van der Waals surface area contributed by atoms with Crippen LogP contribution in [0.25, 0.3) is 0 Å². The first-order valence-corrected chi connectivity index (χ1v) is 9.33. The molecule has 0 atom stereocenters. The molecule has 0 saturated heterocycles. The van der Waals surface area contributed by atoms with Crippen molar-refractivity contribution in [3.63, 3.8) is 0 Å². The first-order chi connectivity index (χ1) is 11.3. The van der Waals surface area contributed by atoms with Crippen molar-refractivity contribution in [3.05, 3.63) is 36.5 Å². The lowest BCUT2D eigenvalue weighted by Crippen LogP contribution is -1.98. The largest absolute Gasteiger partial charge is 0.469 e. The molecule has 0 N–H and O–H groups in total. The highest BCUT2D eigenvalue weighted by Crippen LogP contribution is 2.07. The number of allylic oxidation sites excluding steroid dienone is 6. The molecule has 0 heterocycles. The van der Waals surface area contributed by atoms with Gasteiger partial charge >= 0.3 is 5.97 Å². The molecule has 0 fully saturated rings. The Morgan fingerprint density at radius 3 is 1.83 bits per heavy atom. The van der Waals surface area contributed by atoms with Crippen LogP contribution in [0, 0.1) is 0 Å². The third-order valence-corrected chi connectivity index (χ3v) is 3.75. The summed E-state index contributed by atoms with van der Waals surface area (Å²) >= 11 is 0. The van der Waals surface area contributed by atoms with Crippen LogP contribution in [0.1, 0.15) is 84.0 Å². The zero-order chi connectivity index (χ0) is 17.0. The maximum atomic E-state index is 10.9. The number of ether oxygens (including phenoxy) is 1. The number of rotatable bonds is 15. The standard InChI is InChI=1S/C21H36O2/c1-3-4-5-6-7-8-9-10-11-12-13-14-15-16-17-18-19-20-21(22)23-2/h7-8,10-11,13-14H,3-6,9,12,15-20H2,1-2H3. The van der Waals surface area contributed by atoms with E-state index < -0.39 is 0 Å². The Balaban J connectivity index is 3.30. The Kier molecular flexibility index (Phi) is 17.7. The van der Waals surface area contributed by atoms with Gasteiger partial charge in [0.1, 0.15) is 0 Å². The van der Waals surface area contributed by atoms with Gasteiger partial charge in [-0.25, -0.2) is 0 Å². The molecule has 132 valence electrons. The van der Waals surface area contributed by atoms with E-state index >= 15 is 0 Å². The van der Waals surface area contributed by atoms with Crippen LogP contribution in [0.4, 0.5) is 0 Å². The average Bonchev–Trinajstić information content (AvgIpc) is 2.57. The molecule has 0 rings (SSSR count). The van der Waals surface area contributed by atoms with Crippen LogP contribution in [0.5, 0.6) is 0 Å². The second-order valence-corrected chi connectivity index (χ2v) is 5.91. The van der Waals surface area contributed by atoms with Crippen LogP contribution >= 0.6 is 0 Å². The van der Waals surface area contributed by atoms with Crippen molar-refractivity contribution in [2.45, 2.75) is 84.0 Å². The van der Waals surface area contributed by atoms with Gasteiger partial charge in [0.15, 0.2) is 0 Å². The zero-order valence-electron chi connectivity index (χ0n) is 15.3. The normalized spacial score (nSPS) is 11.9. The van der Waals surface area contributed by atoms with E-state index in [1.54, 1.807) is 0 Å². The van der Waals surface area contributed by atoms with E-state index in [0.29, 0.717) is 6.42 Å². The first-order valence-electron chi connectivity index (χ1n) is 9.33. The molecule has 0 bridgehead atoms. The van der Waals surface area contributed by atoms with Crippen molar-refractivity contribution in [2.75, 3.05) is 7.11 Å². The van der Waals surface area contributed by atoms with Gasteiger partial charge < -0.3 is 4.74 Å². The minimum atomic E-state index is -0.0903. The monoisotopic (exact) mass is 320 g/mol. The summed E-state index contributed by atoms with van der Waals surface area (Å²) < 4.78 is 4.62. The molecule has 2 nitrogen and oxygen atoms in total. The third kappa shape index (κ3) is 18.6. The number of hydrogen-bond acceptors (Lipinski definition) is 2. The quantitative estimate of drug-likeness (QED) is 0.195. The van der Waals surface area contributed by atoms with Gasteiger partial charge in [-0.3, -0.25) is 4.79 Å². The number of carbonyl (C=O) groups is 1. The Hall–Kier alpha value is -1.31. The van der Waals surface area contributed by atoms with Gasteiger partial charge in [-0.2, -0.15) is 0 Å². The number of esters is 1. The molecular weight excluding hydrogens is 284 g/mol. The Morgan fingerprint density at radius 1 is 0.739 bits per heavy atom. The summed E-state index contributed by atoms with van der Waals surface area (Å²) in [6, 6.07) is 0. The SMILES string of the molecule is CCCCCC=CCC=CCC=CCCCCCCC(=O)OC. The molecule has 0 aromatic carbocycles. The Labute approximate surface area is 143 Å². The Bertz CT molecular complexity index is 340. The number of unbranched alkanes of at least 4 members (excludes halogenated alkanes) is 7. The van der Waals surface area contributed by atoms with Gasteiger partial charge in [-0.1, -0.05) is 69.1 Å². The summed E-state index contributed by atoms with van der Waals surface area (Å²) in [5.74, 6) is -0.0903. The lowest BCUT2D eigenvalue weighted by Gasteiger charge is -1.99. The molecule has 0 aliphatic heterocycles. The summed E-state index contributed by atoms with van der Waals surface area (Å²) in [6.45, 7) is 2.24. The van der Waals surface area contributed by atoms with Crippen LogP contribution in [0.2, 0.25) is 0 Å².